The van der Waals surface area contributed by atoms with Gasteiger partial charge in [0.15, 0.2) is 0 Å². The zero-order valence-corrected chi connectivity index (χ0v) is 18.3. The van der Waals surface area contributed by atoms with Crippen molar-refractivity contribution in [2.75, 3.05) is 19.7 Å². The highest BCUT2D eigenvalue weighted by atomic mass is 16.3. The van der Waals surface area contributed by atoms with Crippen molar-refractivity contribution in [3.63, 3.8) is 0 Å². The average molecular weight is 434 g/mol. The second-order valence-electron chi connectivity index (χ2n) is 9.30. The van der Waals surface area contributed by atoms with E-state index in [1.165, 1.54) is 6.42 Å². The number of hydrogen-bond donors (Lipinski definition) is 2. The third-order valence-corrected chi connectivity index (χ3v) is 7.37. The first kappa shape index (κ1) is 21.0. The van der Waals surface area contributed by atoms with Crippen LogP contribution < -0.4 is 5.32 Å². The zero-order chi connectivity index (χ0) is 22.1. The van der Waals surface area contributed by atoms with Gasteiger partial charge in [-0.2, -0.15) is 0 Å². The molecule has 32 heavy (non-hydrogen) atoms. The van der Waals surface area contributed by atoms with Gasteiger partial charge >= 0.3 is 6.03 Å². The van der Waals surface area contributed by atoms with E-state index in [9.17, 15) is 14.7 Å². The molecule has 0 radical (unpaired) electrons. The van der Waals surface area contributed by atoms with E-state index in [-0.39, 0.29) is 49.1 Å². The lowest BCUT2D eigenvalue weighted by molar-refractivity contribution is -0.159. The van der Waals surface area contributed by atoms with E-state index in [1.807, 2.05) is 18.2 Å². The van der Waals surface area contributed by atoms with E-state index in [0.717, 1.165) is 42.4 Å². The van der Waals surface area contributed by atoms with Crippen molar-refractivity contribution >= 4 is 11.9 Å². The number of amides is 3. The van der Waals surface area contributed by atoms with Crippen LogP contribution in [-0.4, -0.2) is 64.7 Å². The SMILES string of the molecule is O=C(NC1CCCCC1)N1CC(=O)N2[C@@H](CO)[C@@H](c3ccc(-c4ccccc4)cc3)[C@@H]2C1. The maximum atomic E-state index is 12.9. The molecule has 3 amide bonds. The minimum atomic E-state index is -0.223. The molecule has 6 nitrogen and oxygen atoms in total. The van der Waals surface area contributed by atoms with Crippen LogP contribution in [-0.2, 0) is 4.79 Å². The van der Waals surface area contributed by atoms with Gasteiger partial charge in [0.2, 0.25) is 5.91 Å². The summed E-state index contributed by atoms with van der Waals surface area (Å²) in [4.78, 5) is 29.2. The minimum absolute atomic E-state index is 0.0269. The number of carbonyl (C=O) groups excluding carboxylic acids is 2. The minimum Gasteiger partial charge on any atom is -0.394 e. The molecule has 1 saturated carbocycles. The lowest BCUT2D eigenvalue weighted by Crippen LogP contribution is -2.74. The van der Waals surface area contributed by atoms with Crippen LogP contribution in [0.1, 0.15) is 43.6 Å². The van der Waals surface area contributed by atoms with Crippen LogP contribution in [0.5, 0.6) is 0 Å². The van der Waals surface area contributed by atoms with Crippen molar-refractivity contribution in [1.82, 2.24) is 15.1 Å². The molecule has 2 aromatic rings. The van der Waals surface area contributed by atoms with Crippen molar-refractivity contribution < 1.29 is 14.7 Å². The number of rotatable bonds is 4. The Balaban J connectivity index is 1.31. The van der Waals surface area contributed by atoms with E-state index in [2.05, 4.69) is 41.7 Å². The lowest BCUT2D eigenvalue weighted by Gasteiger charge is -2.58. The number of hydrogen-bond acceptors (Lipinski definition) is 3. The van der Waals surface area contributed by atoms with E-state index in [1.54, 1.807) is 9.80 Å². The number of fused-ring (bicyclic) bond motifs is 1. The van der Waals surface area contributed by atoms with Gasteiger partial charge in [0.25, 0.3) is 0 Å². The number of nitrogens with zero attached hydrogens (tertiary/aromatic N) is 2. The maximum Gasteiger partial charge on any atom is 0.318 e. The Morgan fingerprint density at radius 1 is 0.969 bits per heavy atom. The normalized spacial score (nSPS) is 25.8. The Morgan fingerprint density at radius 2 is 1.66 bits per heavy atom. The second kappa shape index (κ2) is 8.94. The summed E-state index contributed by atoms with van der Waals surface area (Å²) in [6, 6.07) is 18.4. The van der Waals surface area contributed by atoms with Crippen LogP contribution >= 0.6 is 0 Å². The highest BCUT2D eigenvalue weighted by Gasteiger charge is 2.54. The van der Waals surface area contributed by atoms with E-state index in [0.29, 0.717) is 6.54 Å². The van der Waals surface area contributed by atoms with Crippen LogP contribution in [0.2, 0.25) is 0 Å². The smallest absolute Gasteiger partial charge is 0.318 e. The molecule has 1 aliphatic carbocycles. The van der Waals surface area contributed by atoms with Gasteiger partial charge in [0.05, 0.1) is 18.7 Å². The number of aliphatic hydroxyl groups excluding tert-OH is 1. The summed E-state index contributed by atoms with van der Waals surface area (Å²) in [5, 5.41) is 13.2. The molecule has 2 aliphatic heterocycles. The summed E-state index contributed by atoms with van der Waals surface area (Å²) in [7, 11) is 0. The van der Waals surface area contributed by atoms with Crippen molar-refractivity contribution in [3.8, 4) is 11.1 Å². The highest BCUT2D eigenvalue weighted by molar-refractivity contribution is 5.87. The predicted octanol–water partition coefficient (Wildman–Crippen LogP) is 3.37. The molecular formula is C26H31N3O3. The highest BCUT2D eigenvalue weighted by Crippen LogP contribution is 2.43. The predicted molar refractivity (Wildman–Crippen MR) is 123 cm³/mol. The Labute approximate surface area is 189 Å². The Kier molecular flexibility index (Phi) is 5.87. The van der Waals surface area contributed by atoms with Crippen LogP contribution in [0.25, 0.3) is 11.1 Å². The Morgan fingerprint density at radius 3 is 2.34 bits per heavy atom. The van der Waals surface area contributed by atoms with Crippen LogP contribution in [0.4, 0.5) is 4.79 Å². The molecule has 0 aromatic heterocycles. The molecule has 3 atom stereocenters. The molecule has 0 unspecified atom stereocenters. The molecule has 2 saturated heterocycles. The summed E-state index contributed by atoms with van der Waals surface area (Å²) < 4.78 is 0. The number of nitrogens with one attached hydrogen (secondary N) is 1. The molecule has 2 aromatic carbocycles. The van der Waals surface area contributed by atoms with Crippen molar-refractivity contribution in [1.29, 1.82) is 0 Å². The van der Waals surface area contributed by atoms with Crippen LogP contribution in [0.15, 0.2) is 54.6 Å². The van der Waals surface area contributed by atoms with Gasteiger partial charge in [-0.05, 0) is 29.5 Å². The molecule has 6 heteroatoms. The molecular weight excluding hydrogens is 402 g/mol. The van der Waals surface area contributed by atoms with Gasteiger partial charge in [-0.15, -0.1) is 0 Å². The fourth-order valence-electron chi connectivity index (χ4n) is 5.70. The van der Waals surface area contributed by atoms with E-state index in [4.69, 9.17) is 0 Å². The summed E-state index contributed by atoms with van der Waals surface area (Å²) in [5.74, 6) is -0.0460. The average Bonchev–Trinajstić information content (AvgIpc) is 2.82. The van der Waals surface area contributed by atoms with Crippen LogP contribution in [0, 0.1) is 0 Å². The Hall–Kier alpha value is -2.86. The van der Waals surface area contributed by atoms with Gasteiger partial charge in [-0.25, -0.2) is 4.79 Å². The van der Waals surface area contributed by atoms with Crippen molar-refractivity contribution in [2.45, 2.75) is 56.1 Å². The number of aliphatic hydroxyl groups is 1. The van der Waals surface area contributed by atoms with Crippen LogP contribution in [0.3, 0.4) is 0 Å². The summed E-state index contributed by atoms with van der Waals surface area (Å²) in [6.45, 7) is 0.527. The van der Waals surface area contributed by atoms with Crippen molar-refractivity contribution in [2.24, 2.45) is 0 Å². The molecule has 2 heterocycles. The largest absolute Gasteiger partial charge is 0.394 e. The molecule has 5 rings (SSSR count). The van der Waals surface area contributed by atoms with Gasteiger partial charge in [0, 0.05) is 18.5 Å². The Bertz CT molecular complexity index is 956. The first-order chi connectivity index (χ1) is 15.7. The van der Waals surface area contributed by atoms with Gasteiger partial charge in [-0.1, -0.05) is 73.9 Å². The second-order valence-corrected chi connectivity index (χ2v) is 9.30. The summed E-state index contributed by atoms with van der Waals surface area (Å²) in [5.41, 5.74) is 3.40. The molecule has 0 bridgehead atoms. The summed E-state index contributed by atoms with van der Waals surface area (Å²) in [6.07, 6.45) is 5.58. The third-order valence-electron chi connectivity index (χ3n) is 7.37. The van der Waals surface area contributed by atoms with Gasteiger partial charge in [-0.3, -0.25) is 4.79 Å². The maximum absolute atomic E-state index is 12.9. The monoisotopic (exact) mass is 433 g/mol. The van der Waals surface area contributed by atoms with E-state index >= 15 is 0 Å². The molecule has 2 N–H and O–H groups in total. The zero-order valence-electron chi connectivity index (χ0n) is 18.3. The number of urea groups is 1. The molecule has 3 fully saturated rings. The number of piperazine rings is 1. The molecule has 168 valence electrons. The molecule has 0 spiro atoms. The first-order valence-electron chi connectivity index (χ1n) is 11.8. The van der Waals surface area contributed by atoms with Gasteiger partial charge in [0.1, 0.15) is 6.54 Å². The fourth-order valence-corrected chi connectivity index (χ4v) is 5.70. The quantitative estimate of drug-likeness (QED) is 0.777. The lowest BCUT2D eigenvalue weighted by atomic mass is 9.73. The fraction of sp³-hybridized carbons (Fsp3) is 0.462. The first-order valence-corrected chi connectivity index (χ1v) is 11.8. The third kappa shape index (κ3) is 3.88. The molecule has 3 aliphatic rings. The topological polar surface area (TPSA) is 72.9 Å². The van der Waals surface area contributed by atoms with Gasteiger partial charge < -0.3 is 20.2 Å². The van der Waals surface area contributed by atoms with Crippen molar-refractivity contribution in [3.05, 3.63) is 60.2 Å². The number of benzene rings is 2. The van der Waals surface area contributed by atoms with E-state index < -0.39 is 0 Å². The number of carbonyl (C=O) groups is 2. The summed E-state index contributed by atoms with van der Waals surface area (Å²) >= 11 is 0. The standard InChI is InChI=1S/C26H31N3O3/c30-17-23-25(20-13-11-19(12-14-20)18-7-3-1-4-8-18)22-15-28(16-24(31)29(22)23)26(32)27-21-9-5-2-6-10-21/h1,3-4,7-8,11-14,21-23,25,30H,2,5-6,9-10,15-17H2,(H,27,32)/t22-,23-,25-/m0/s1.